The van der Waals surface area contributed by atoms with Gasteiger partial charge in [-0.05, 0) is 23.8 Å². The Morgan fingerprint density at radius 1 is 1.07 bits per heavy atom. The lowest BCUT2D eigenvalue weighted by Gasteiger charge is -2.24. The van der Waals surface area contributed by atoms with Gasteiger partial charge in [0, 0.05) is 12.2 Å². The number of hydrogen-bond donors (Lipinski definition) is 1. The number of nitrogens with zero attached hydrogens (tertiary/aromatic N) is 1. The first-order valence-electron chi connectivity index (χ1n) is 7.76. The van der Waals surface area contributed by atoms with Gasteiger partial charge < -0.3 is 15.4 Å². The first kappa shape index (κ1) is 20.2. The second kappa shape index (κ2) is 8.52. The summed E-state index contributed by atoms with van der Waals surface area (Å²) < 4.78 is 56.0. The van der Waals surface area contributed by atoms with Crippen LogP contribution in [-0.4, -0.2) is 36.1 Å². The summed E-state index contributed by atoms with van der Waals surface area (Å²) in [6.07, 6.45) is -4.62. The van der Waals surface area contributed by atoms with E-state index in [1.165, 1.54) is 0 Å². The molecule has 27 heavy (non-hydrogen) atoms. The smallest absolute Gasteiger partial charge is 0.406 e. The molecule has 0 radical (unpaired) electrons. The predicted molar refractivity (Wildman–Crippen MR) is 89.0 cm³/mol. The SMILES string of the molecule is Nc1cc(F)ccc1C(=O)OCC(=O)N(Cc1ccccc1)CC(F)(F)F. The summed E-state index contributed by atoms with van der Waals surface area (Å²) in [5.74, 6) is -2.72. The van der Waals surface area contributed by atoms with Crippen molar-refractivity contribution in [1.29, 1.82) is 0 Å². The average molecular weight is 384 g/mol. The molecule has 0 saturated heterocycles. The highest BCUT2D eigenvalue weighted by Gasteiger charge is 2.33. The molecule has 0 aliphatic carbocycles. The molecule has 0 fully saturated rings. The molecule has 0 unspecified atom stereocenters. The lowest BCUT2D eigenvalue weighted by molar-refractivity contribution is -0.164. The molecule has 0 spiro atoms. The van der Waals surface area contributed by atoms with Gasteiger partial charge in [0.15, 0.2) is 6.61 Å². The number of nitrogens with two attached hydrogens (primary N) is 1. The summed E-state index contributed by atoms with van der Waals surface area (Å²) in [6, 6.07) is 11.0. The van der Waals surface area contributed by atoms with Gasteiger partial charge in [0.2, 0.25) is 0 Å². The molecule has 0 aromatic heterocycles. The van der Waals surface area contributed by atoms with Crippen molar-refractivity contribution in [2.24, 2.45) is 0 Å². The van der Waals surface area contributed by atoms with Gasteiger partial charge in [-0.15, -0.1) is 0 Å². The first-order valence-corrected chi connectivity index (χ1v) is 7.76. The Morgan fingerprint density at radius 3 is 2.33 bits per heavy atom. The third kappa shape index (κ3) is 6.28. The first-order chi connectivity index (χ1) is 12.7. The van der Waals surface area contributed by atoms with Crippen LogP contribution in [0.15, 0.2) is 48.5 Å². The normalized spacial score (nSPS) is 11.1. The van der Waals surface area contributed by atoms with Crippen molar-refractivity contribution in [3.8, 4) is 0 Å². The molecule has 2 N–H and O–H groups in total. The zero-order valence-electron chi connectivity index (χ0n) is 14.0. The van der Waals surface area contributed by atoms with Crippen LogP contribution in [0.3, 0.4) is 0 Å². The molecule has 2 rings (SSSR count). The third-order valence-electron chi connectivity index (χ3n) is 3.50. The van der Waals surface area contributed by atoms with Gasteiger partial charge in [0.1, 0.15) is 12.4 Å². The van der Waals surface area contributed by atoms with Crippen molar-refractivity contribution in [3.63, 3.8) is 0 Å². The van der Waals surface area contributed by atoms with Crippen molar-refractivity contribution < 1.29 is 31.9 Å². The minimum absolute atomic E-state index is 0.186. The Hall–Kier alpha value is -3.10. The van der Waals surface area contributed by atoms with Crippen LogP contribution in [0.25, 0.3) is 0 Å². The Kier molecular flexibility index (Phi) is 6.38. The van der Waals surface area contributed by atoms with Crippen LogP contribution in [0.4, 0.5) is 23.2 Å². The Bertz CT molecular complexity index is 810. The van der Waals surface area contributed by atoms with Crippen molar-refractivity contribution in [1.82, 2.24) is 4.90 Å². The molecule has 0 aliphatic rings. The number of nitrogen functional groups attached to an aromatic ring is 1. The van der Waals surface area contributed by atoms with Crippen LogP contribution in [0.2, 0.25) is 0 Å². The molecule has 0 saturated carbocycles. The van der Waals surface area contributed by atoms with E-state index in [-0.39, 0.29) is 17.8 Å². The number of amides is 1. The number of hydrogen-bond acceptors (Lipinski definition) is 4. The molecule has 2 aromatic rings. The fourth-order valence-corrected chi connectivity index (χ4v) is 2.27. The number of alkyl halides is 3. The van der Waals surface area contributed by atoms with E-state index in [4.69, 9.17) is 10.5 Å². The summed E-state index contributed by atoms with van der Waals surface area (Å²) >= 11 is 0. The molecule has 9 heteroatoms. The van der Waals surface area contributed by atoms with E-state index < -0.39 is 37.0 Å². The fraction of sp³-hybridized carbons (Fsp3) is 0.222. The molecule has 2 aromatic carbocycles. The van der Waals surface area contributed by atoms with Crippen LogP contribution in [0, 0.1) is 5.82 Å². The maximum absolute atomic E-state index is 13.0. The number of halogens is 4. The van der Waals surface area contributed by atoms with E-state index in [0.717, 1.165) is 18.2 Å². The number of esters is 1. The minimum atomic E-state index is -4.62. The predicted octanol–water partition coefficient (Wildman–Crippen LogP) is 3.16. The van der Waals surface area contributed by atoms with Crippen LogP contribution < -0.4 is 5.73 Å². The van der Waals surface area contributed by atoms with Crippen molar-refractivity contribution >= 4 is 17.6 Å². The van der Waals surface area contributed by atoms with Crippen molar-refractivity contribution in [3.05, 3.63) is 65.5 Å². The number of ether oxygens (including phenoxy) is 1. The molecular weight excluding hydrogens is 368 g/mol. The summed E-state index contributed by atoms with van der Waals surface area (Å²) in [4.78, 5) is 24.6. The second-order valence-corrected chi connectivity index (χ2v) is 5.66. The maximum Gasteiger partial charge on any atom is 0.406 e. The summed E-state index contributed by atoms with van der Waals surface area (Å²) in [5.41, 5.74) is 5.59. The van der Waals surface area contributed by atoms with Gasteiger partial charge in [-0.25, -0.2) is 9.18 Å². The highest BCUT2D eigenvalue weighted by molar-refractivity contribution is 5.96. The van der Waals surface area contributed by atoms with Crippen molar-refractivity contribution in [2.45, 2.75) is 12.7 Å². The maximum atomic E-state index is 13.0. The van der Waals surface area contributed by atoms with E-state index in [1.54, 1.807) is 30.3 Å². The van der Waals surface area contributed by atoms with E-state index in [2.05, 4.69) is 0 Å². The average Bonchev–Trinajstić information content (AvgIpc) is 2.58. The van der Waals surface area contributed by atoms with E-state index in [0.29, 0.717) is 10.5 Å². The number of carbonyl (C=O) groups excluding carboxylic acids is 2. The van der Waals surface area contributed by atoms with Crippen LogP contribution in [0.1, 0.15) is 15.9 Å². The quantitative estimate of drug-likeness (QED) is 0.472. The standard InChI is InChI=1S/C18H16F4N2O3/c19-13-6-7-14(15(23)8-13)17(26)27-10-16(25)24(11-18(20,21)22)9-12-4-2-1-3-5-12/h1-8H,9-11,23H2. The fourth-order valence-electron chi connectivity index (χ4n) is 2.27. The molecule has 0 aliphatic heterocycles. The largest absolute Gasteiger partial charge is 0.452 e. The summed E-state index contributed by atoms with van der Waals surface area (Å²) in [7, 11) is 0. The molecule has 144 valence electrons. The zero-order chi connectivity index (χ0) is 20.0. The van der Waals surface area contributed by atoms with Crippen LogP contribution in [-0.2, 0) is 16.1 Å². The Morgan fingerprint density at radius 2 is 1.74 bits per heavy atom. The lowest BCUT2D eigenvalue weighted by atomic mass is 10.2. The molecule has 5 nitrogen and oxygen atoms in total. The summed E-state index contributed by atoms with van der Waals surface area (Å²) in [5, 5.41) is 0. The summed E-state index contributed by atoms with van der Waals surface area (Å²) in [6.45, 7) is -2.69. The van der Waals surface area contributed by atoms with Crippen LogP contribution in [0.5, 0.6) is 0 Å². The Balaban J connectivity index is 2.05. The van der Waals surface area contributed by atoms with Gasteiger partial charge in [-0.3, -0.25) is 4.79 Å². The van der Waals surface area contributed by atoms with Gasteiger partial charge in [0.05, 0.1) is 5.56 Å². The highest BCUT2D eigenvalue weighted by Crippen LogP contribution is 2.19. The zero-order valence-corrected chi connectivity index (χ0v) is 14.0. The third-order valence-corrected chi connectivity index (χ3v) is 3.50. The van der Waals surface area contributed by atoms with Gasteiger partial charge in [-0.1, -0.05) is 30.3 Å². The van der Waals surface area contributed by atoms with E-state index >= 15 is 0 Å². The second-order valence-electron chi connectivity index (χ2n) is 5.66. The minimum Gasteiger partial charge on any atom is -0.452 e. The molecule has 0 heterocycles. The molecule has 0 atom stereocenters. The topological polar surface area (TPSA) is 72.6 Å². The number of anilines is 1. The van der Waals surface area contributed by atoms with E-state index in [9.17, 15) is 27.2 Å². The van der Waals surface area contributed by atoms with E-state index in [1.807, 2.05) is 0 Å². The van der Waals surface area contributed by atoms with Gasteiger partial charge >= 0.3 is 12.1 Å². The van der Waals surface area contributed by atoms with Gasteiger partial charge in [0.25, 0.3) is 5.91 Å². The Labute approximate surface area is 152 Å². The molecule has 0 bridgehead atoms. The van der Waals surface area contributed by atoms with Crippen LogP contribution >= 0.6 is 0 Å². The number of benzene rings is 2. The molecular formula is C18H16F4N2O3. The van der Waals surface area contributed by atoms with Gasteiger partial charge in [-0.2, -0.15) is 13.2 Å². The lowest BCUT2D eigenvalue weighted by Crippen LogP contribution is -2.40. The highest BCUT2D eigenvalue weighted by atomic mass is 19.4. The number of carbonyl (C=O) groups is 2. The monoisotopic (exact) mass is 384 g/mol. The van der Waals surface area contributed by atoms with Crippen molar-refractivity contribution in [2.75, 3.05) is 18.9 Å². The number of rotatable bonds is 6. The molecule has 1 amide bonds.